The smallest absolute Gasteiger partial charge is 0.110 e. The van der Waals surface area contributed by atoms with Crippen molar-refractivity contribution in [2.24, 2.45) is 0 Å². The largest absolute Gasteiger partial charge is 0.390 e. The van der Waals surface area contributed by atoms with Crippen molar-refractivity contribution in [2.45, 2.75) is 58.0 Å². The molecular weight excluding hydrogens is 208 g/mol. The van der Waals surface area contributed by atoms with Gasteiger partial charge >= 0.3 is 0 Å². The van der Waals surface area contributed by atoms with Gasteiger partial charge in [0.05, 0.1) is 31.5 Å². The third-order valence-corrected chi connectivity index (χ3v) is 2.60. The molecule has 0 heterocycles. The lowest BCUT2D eigenvalue weighted by Gasteiger charge is -2.40. The summed E-state index contributed by atoms with van der Waals surface area (Å²) in [6.07, 6.45) is 1.42. The minimum atomic E-state index is -0.359. The summed E-state index contributed by atoms with van der Waals surface area (Å²) in [6, 6.07) is 0. The van der Waals surface area contributed by atoms with Gasteiger partial charge in [0.2, 0.25) is 0 Å². The second kappa shape index (κ2) is 7.22. The Kier molecular flexibility index (Phi) is 6.28. The van der Waals surface area contributed by atoms with Gasteiger partial charge < -0.3 is 19.3 Å². The monoisotopic (exact) mass is 232 g/mol. The zero-order chi connectivity index (χ0) is 12.0. The molecule has 1 fully saturated rings. The maximum Gasteiger partial charge on any atom is 0.110 e. The van der Waals surface area contributed by atoms with Crippen molar-refractivity contribution in [1.29, 1.82) is 0 Å². The summed E-state index contributed by atoms with van der Waals surface area (Å²) >= 11 is 0. The Morgan fingerprint density at radius 1 is 1.19 bits per heavy atom. The molecule has 96 valence electrons. The molecule has 1 rings (SSSR count). The fraction of sp³-hybridized carbons (Fsp3) is 1.00. The molecule has 0 spiro atoms. The quantitative estimate of drug-likeness (QED) is 0.642. The zero-order valence-corrected chi connectivity index (χ0v) is 10.5. The van der Waals surface area contributed by atoms with Gasteiger partial charge in [0, 0.05) is 13.0 Å². The molecule has 4 heteroatoms. The van der Waals surface area contributed by atoms with Gasteiger partial charge in [0.1, 0.15) is 6.10 Å². The van der Waals surface area contributed by atoms with E-state index in [2.05, 4.69) is 6.92 Å². The van der Waals surface area contributed by atoms with Crippen LogP contribution in [0.5, 0.6) is 0 Å². The molecule has 0 aromatic rings. The fourth-order valence-electron chi connectivity index (χ4n) is 1.68. The Bertz CT molecular complexity index is 184. The van der Waals surface area contributed by atoms with Gasteiger partial charge in [-0.05, 0) is 20.3 Å². The van der Waals surface area contributed by atoms with Gasteiger partial charge in [-0.25, -0.2) is 0 Å². The summed E-state index contributed by atoms with van der Waals surface area (Å²) in [5.74, 6) is 0. The van der Waals surface area contributed by atoms with Crippen molar-refractivity contribution in [3.8, 4) is 0 Å². The van der Waals surface area contributed by atoms with Crippen LogP contribution in [0, 0.1) is 0 Å². The van der Waals surface area contributed by atoms with E-state index in [9.17, 15) is 5.11 Å². The highest BCUT2D eigenvalue weighted by molar-refractivity contribution is 4.91. The summed E-state index contributed by atoms with van der Waals surface area (Å²) in [6.45, 7) is 7.91. The third-order valence-electron chi connectivity index (χ3n) is 2.60. The van der Waals surface area contributed by atoms with Crippen LogP contribution in [0.4, 0.5) is 0 Å². The number of aliphatic hydroxyl groups excluding tert-OH is 1. The van der Waals surface area contributed by atoms with Gasteiger partial charge in [-0.15, -0.1) is 0 Å². The predicted octanol–water partition coefficient (Wildman–Crippen LogP) is 1.36. The molecule has 4 nitrogen and oxygen atoms in total. The van der Waals surface area contributed by atoms with E-state index in [-0.39, 0.29) is 24.4 Å². The van der Waals surface area contributed by atoms with E-state index in [0.29, 0.717) is 26.2 Å². The SMILES string of the molecule is CCCOC1C(O)CC1OCCOC(C)C. The second-order valence-electron chi connectivity index (χ2n) is 4.47. The summed E-state index contributed by atoms with van der Waals surface area (Å²) in [5.41, 5.74) is 0. The summed E-state index contributed by atoms with van der Waals surface area (Å²) in [4.78, 5) is 0. The van der Waals surface area contributed by atoms with Gasteiger partial charge in [0.15, 0.2) is 0 Å². The first-order valence-electron chi connectivity index (χ1n) is 6.18. The number of hydrogen-bond donors (Lipinski definition) is 1. The van der Waals surface area contributed by atoms with Crippen LogP contribution in [0.2, 0.25) is 0 Å². The van der Waals surface area contributed by atoms with E-state index < -0.39 is 0 Å². The number of hydrogen-bond acceptors (Lipinski definition) is 4. The lowest BCUT2D eigenvalue weighted by atomic mass is 9.88. The van der Waals surface area contributed by atoms with E-state index in [1.165, 1.54) is 0 Å². The van der Waals surface area contributed by atoms with E-state index in [0.717, 1.165) is 6.42 Å². The second-order valence-corrected chi connectivity index (χ2v) is 4.47. The maximum atomic E-state index is 9.51. The minimum Gasteiger partial charge on any atom is -0.390 e. The summed E-state index contributed by atoms with van der Waals surface area (Å²) in [7, 11) is 0. The molecule has 0 saturated heterocycles. The van der Waals surface area contributed by atoms with Gasteiger partial charge in [-0.1, -0.05) is 6.92 Å². The molecule has 1 saturated carbocycles. The van der Waals surface area contributed by atoms with Crippen molar-refractivity contribution in [3.05, 3.63) is 0 Å². The fourth-order valence-corrected chi connectivity index (χ4v) is 1.68. The average molecular weight is 232 g/mol. The van der Waals surface area contributed by atoms with Crippen molar-refractivity contribution >= 4 is 0 Å². The van der Waals surface area contributed by atoms with E-state index in [4.69, 9.17) is 14.2 Å². The molecule has 1 aliphatic carbocycles. The molecule has 3 atom stereocenters. The van der Waals surface area contributed by atoms with Crippen LogP contribution < -0.4 is 0 Å². The molecular formula is C12H24O4. The van der Waals surface area contributed by atoms with Gasteiger partial charge in [-0.3, -0.25) is 0 Å². The Hall–Kier alpha value is -0.160. The lowest BCUT2D eigenvalue weighted by Crippen LogP contribution is -2.54. The Morgan fingerprint density at radius 2 is 1.94 bits per heavy atom. The Labute approximate surface area is 97.9 Å². The third kappa shape index (κ3) is 4.37. The van der Waals surface area contributed by atoms with Crippen LogP contribution in [-0.2, 0) is 14.2 Å². The van der Waals surface area contributed by atoms with Crippen LogP contribution in [0.3, 0.4) is 0 Å². The highest BCUT2D eigenvalue weighted by Crippen LogP contribution is 2.27. The number of ether oxygens (including phenoxy) is 3. The van der Waals surface area contributed by atoms with Gasteiger partial charge in [-0.2, -0.15) is 0 Å². The zero-order valence-electron chi connectivity index (χ0n) is 10.5. The molecule has 0 aromatic carbocycles. The van der Waals surface area contributed by atoms with Crippen LogP contribution >= 0.6 is 0 Å². The van der Waals surface area contributed by atoms with Gasteiger partial charge in [0.25, 0.3) is 0 Å². The molecule has 1 aliphatic rings. The van der Waals surface area contributed by atoms with E-state index in [1.807, 2.05) is 13.8 Å². The molecule has 16 heavy (non-hydrogen) atoms. The number of rotatable bonds is 8. The standard InChI is InChI=1S/C12H24O4/c1-4-5-16-12-10(13)8-11(12)15-7-6-14-9(2)3/h9-13H,4-8H2,1-3H3. The van der Waals surface area contributed by atoms with Crippen molar-refractivity contribution in [3.63, 3.8) is 0 Å². The van der Waals surface area contributed by atoms with Crippen LogP contribution in [0.1, 0.15) is 33.6 Å². The summed E-state index contributed by atoms with van der Waals surface area (Å²) < 4.78 is 16.5. The minimum absolute atomic E-state index is 0.0392. The first-order chi connectivity index (χ1) is 7.65. The Balaban J connectivity index is 2.08. The molecule has 0 radical (unpaired) electrons. The van der Waals surface area contributed by atoms with Crippen molar-refractivity contribution < 1.29 is 19.3 Å². The highest BCUT2D eigenvalue weighted by atomic mass is 16.6. The topological polar surface area (TPSA) is 47.9 Å². The molecule has 1 N–H and O–H groups in total. The molecule has 0 amide bonds. The van der Waals surface area contributed by atoms with Crippen LogP contribution in [-0.4, -0.2) is 49.3 Å². The lowest BCUT2D eigenvalue weighted by molar-refractivity contribution is -0.196. The first-order valence-corrected chi connectivity index (χ1v) is 6.18. The highest BCUT2D eigenvalue weighted by Gasteiger charge is 2.41. The number of aliphatic hydroxyl groups is 1. The molecule has 3 unspecified atom stereocenters. The van der Waals surface area contributed by atoms with Crippen LogP contribution in [0.15, 0.2) is 0 Å². The maximum absolute atomic E-state index is 9.51. The van der Waals surface area contributed by atoms with Crippen molar-refractivity contribution in [1.82, 2.24) is 0 Å². The average Bonchev–Trinajstić information content (AvgIpc) is 2.22. The van der Waals surface area contributed by atoms with E-state index in [1.54, 1.807) is 0 Å². The van der Waals surface area contributed by atoms with Crippen LogP contribution in [0.25, 0.3) is 0 Å². The van der Waals surface area contributed by atoms with E-state index >= 15 is 0 Å². The normalized spacial score (nSPS) is 29.4. The predicted molar refractivity (Wildman–Crippen MR) is 61.5 cm³/mol. The molecule has 0 aromatic heterocycles. The first kappa shape index (κ1) is 13.9. The molecule has 0 bridgehead atoms. The Morgan fingerprint density at radius 3 is 2.50 bits per heavy atom. The summed E-state index contributed by atoms with van der Waals surface area (Å²) in [5, 5.41) is 9.51. The van der Waals surface area contributed by atoms with Crippen molar-refractivity contribution in [2.75, 3.05) is 19.8 Å². The molecule has 0 aliphatic heterocycles.